The zero-order valence-electron chi connectivity index (χ0n) is 16.7. The largest absolute Gasteiger partial charge is 0.497 e. The van der Waals surface area contributed by atoms with Crippen LogP contribution in [-0.2, 0) is 11.3 Å². The molecule has 0 saturated carbocycles. The van der Waals surface area contributed by atoms with E-state index < -0.39 is 4.92 Å². The molecule has 0 aromatic heterocycles. The molecule has 0 radical (unpaired) electrons. The molecular weight excluding hydrogens is 404 g/mol. The molecule has 0 N–H and O–H groups in total. The molecule has 0 spiro atoms. The highest BCUT2D eigenvalue weighted by atomic mass is 32.2. The Labute approximate surface area is 178 Å². The smallest absolute Gasteiger partial charge is 0.270 e. The molecule has 1 aliphatic rings. The number of methoxy groups -OCH3 is 1. The van der Waals surface area contributed by atoms with Crippen LogP contribution in [0.15, 0.2) is 58.7 Å². The van der Waals surface area contributed by atoms with Crippen molar-refractivity contribution in [3.05, 3.63) is 69.8 Å². The molecule has 1 fully saturated rings. The standard InChI is InChI=1S/C21H22N4O4S/c1-3-5-19-20(26)24(14-15-8-10-18(29-2)11-9-15)21(30-19)23-22-13-16-6-4-7-17(12-16)25(27)28/h4,6-13,19H,3,5,14H2,1-2H3/b22-13-,23-21-/t19-/m0/s1. The predicted octanol–water partition coefficient (Wildman–Crippen LogP) is 4.24. The molecule has 1 aliphatic heterocycles. The number of amidine groups is 1. The maximum absolute atomic E-state index is 12.9. The van der Waals surface area contributed by atoms with Crippen molar-refractivity contribution in [2.75, 3.05) is 7.11 Å². The molecule has 2 aromatic carbocycles. The minimum atomic E-state index is -0.458. The van der Waals surface area contributed by atoms with E-state index in [1.54, 1.807) is 24.1 Å². The third-order valence-electron chi connectivity index (χ3n) is 4.50. The number of thioether (sulfide) groups is 1. The average molecular weight is 426 g/mol. The maximum atomic E-state index is 12.9. The molecule has 8 nitrogen and oxygen atoms in total. The van der Waals surface area contributed by atoms with Gasteiger partial charge in [0, 0.05) is 17.7 Å². The number of carbonyl (C=O) groups is 1. The highest BCUT2D eigenvalue weighted by Crippen LogP contribution is 2.32. The van der Waals surface area contributed by atoms with Crippen molar-refractivity contribution >= 4 is 34.7 Å². The van der Waals surface area contributed by atoms with Gasteiger partial charge in [-0.05, 0) is 24.1 Å². The summed E-state index contributed by atoms with van der Waals surface area (Å²) in [4.78, 5) is 24.9. The summed E-state index contributed by atoms with van der Waals surface area (Å²) in [7, 11) is 1.61. The number of nitro groups is 1. The van der Waals surface area contributed by atoms with Gasteiger partial charge in [-0.1, -0.05) is 49.4 Å². The molecule has 30 heavy (non-hydrogen) atoms. The van der Waals surface area contributed by atoms with Gasteiger partial charge in [0.1, 0.15) is 5.75 Å². The maximum Gasteiger partial charge on any atom is 0.270 e. The SMILES string of the molecule is CCC[C@@H]1S/C(=N\N=C/c2cccc([N+](=O)[O-])c2)N(Cc2ccc(OC)cc2)C1=O. The predicted molar refractivity (Wildman–Crippen MR) is 118 cm³/mol. The number of hydrogen-bond donors (Lipinski definition) is 0. The van der Waals surface area contributed by atoms with Gasteiger partial charge >= 0.3 is 0 Å². The molecule has 3 rings (SSSR count). The summed E-state index contributed by atoms with van der Waals surface area (Å²) in [6.45, 7) is 2.43. The lowest BCUT2D eigenvalue weighted by Gasteiger charge is -2.16. The van der Waals surface area contributed by atoms with Crippen LogP contribution in [0.4, 0.5) is 5.69 Å². The monoisotopic (exact) mass is 426 g/mol. The van der Waals surface area contributed by atoms with Crippen molar-refractivity contribution in [1.29, 1.82) is 0 Å². The Hall–Kier alpha value is -3.20. The van der Waals surface area contributed by atoms with Crippen LogP contribution in [0.5, 0.6) is 5.75 Å². The summed E-state index contributed by atoms with van der Waals surface area (Å²) in [5.74, 6) is 0.766. The van der Waals surface area contributed by atoms with Gasteiger partial charge in [-0.15, -0.1) is 5.10 Å². The molecule has 0 bridgehead atoms. The van der Waals surface area contributed by atoms with Gasteiger partial charge in [0.05, 0.1) is 30.0 Å². The number of ether oxygens (including phenoxy) is 1. The van der Waals surface area contributed by atoms with E-state index in [1.807, 2.05) is 31.2 Å². The Balaban J connectivity index is 1.80. The topological polar surface area (TPSA) is 97.4 Å². The molecule has 1 atom stereocenters. The Kier molecular flexibility index (Phi) is 7.18. The lowest BCUT2D eigenvalue weighted by Crippen LogP contribution is -2.31. The number of rotatable bonds is 8. The van der Waals surface area contributed by atoms with Crippen molar-refractivity contribution in [2.45, 2.75) is 31.6 Å². The summed E-state index contributed by atoms with van der Waals surface area (Å²) in [5, 5.41) is 19.6. The van der Waals surface area contributed by atoms with Gasteiger partial charge in [0.25, 0.3) is 5.69 Å². The number of hydrogen-bond acceptors (Lipinski definition) is 7. The summed E-state index contributed by atoms with van der Waals surface area (Å²) < 4.78 is 5.18. The Bertz CT molecular complexity index is 975. The second-order valence-electron chi connectivity index (χ2n) is 6.65. The van der Waals surface area contributed by atoms with Gasteiger partial charge < -0.3 is 4.74 Å². The van der Waals surface area contributed by atoms with Crippen LogP contribution < -0.4 is 4.74 Å². The van der Waals surface area contributed by atoms with E-state index in [9.17, 15) is 14.9 Å². The van der Waals surface area contributed by atoms with Crippen LogP contribution in [0.3, 0.4) is 0 Å². The molecule has 2 aromatic rings. The second kappa shape index (κ2) is 10.0. The molecule has 0 unspecified atom stereocenters. The fourth-order valence-corrected chi connectivity index (χ4v) is 4.17. The third kappa shape index (κ3) is 5.24. The van der Waals surface area contributed by atoms with E-state index in [1.165, 1.54) is 30.1 Å². The fourth-order valence-electron chi connectivity index (χ4n) is 2.95. The van der Waals surface area contributed by atoms with Crippen molar-refractivity contribution in [3.63, 3.8) is 0 Å². The normalized spacial score (nSPS) is 17.8. The first kappa shape index (κ1) is 21.5. The number of amides is 1. The zero-order valence-corrected chi connectivity index (χ0v) is 17.5. The summed E-state index contributed by atoms with van der Waals surface area (Å²) in [6.07, 6.45) is 3.10. The minimum absolute atomic E-state index is 0.0128. The van der Waals surface area contributed by atoms with Crippen molar-refractivity contribution < 1.29 is 14.5 Å². The summed E-state index contributed by atoms with van der Waals surface area (Å²) in [5.41, 5.74) is 1.51. The van der Waals surface area contributed by atoms with Crippen LogP contribution >= 0.6 is 11.8 Å². The summed E-state index contributed by atoms with van der Waals surface area (Å²) >= 11 is 1.40. The van der Waals surface area contributed by atoms with Crippen LogP contribution in [0.1, 0.15) is 30.9 Å². The number of nitro benzene ring substituents is 1. The number of carbonyl (C=O) groups excluding carboxylic acids is 1. The van der Waals surface area contributed by atoms with E-state index in [4.69, 9.17) is 4.74 Å². The molecule has 1 amide bonds. The van der Waals surface area contributed by atoms with E-state index in [2.05, 4.69) is 10.2 Å². The minimum Gasteiger partial charge on any atom is -0.497 e. The third-order valence-corrected chi connectivity index (χ3v) is 5.74. The quantitative estimate of drug-likeness (QED) is 0.357. The van der Waals surface area contributed by atoms with Crippen molar-refractivity contribution in [3.8, 4) is 5.75 Å². The molecular formula is C21H22N4O4S. The molecule has 1 saturated heterocycles. The van der Waals surface area contributed by atoms with Crippen LogP contribution in [0.25, 0.3) is 0 Å². The highest BCUT2D eigenvalue weighted by Gasteiger charge is 2.37. The van der Waals surface area contributed by atoms with Gasteiger partial charge in [0.15, 0.2) is 5.17 Å². The van der Waals surface area contributed by atoms with Gasteiger partial charge in [0.2, 0.25) is 5.91 Å². The fraction of sp³-hybridized carbons (Fsp3) is 0.286. The second-order valence-corrected chi connectivity index (χ2v) is 7.82. The first-order valence-electron chi connectivity index (χ1n) is 9.48. The molecule has 156 valence electrons. The van der Waals surface area contributed by atoms with E-state index in [0.717, 1.165) is 24.2 Å². The lowest BCUT2D eigenvalue weighted by atomic mass is 10.2. The lowest BCUT2D eigenvalue weighted by molar-refractivity contribution is -0.384. The molecule has 0 aliphatic carbocycles. The number of benzene rings is 2. The van der Waals surface area contributed by atoms with Gasteiger partial charge in [-0.3, -0.25) is 19.8 Å². The average Bonchev–Trinajstić information content (AvgIpc) is 3.04. The number of nitrogens with zero attached hydrogens (tertiary/aromatic N) is 4. The van der Waals surface area contributed by atoms with Gasteiger partial charge in [-0.2, -0.15) is 5.10 Å². The van der Waals surface area contributed by atoms with Crippen molar-refractivity contribution in [2.24, 2.45) is 10.2 Å². The van der Waals surface area contributed by atoms with Crippen molar-refractivity contribution in [1.82, 2.24) is 4.90 Å². The highest BCUT2D eigenvalue weighted by molar-refractivity contribution is 8.15. The molecule has 1 heterocycles. The van der Waals surface area contributed by atoms with Gasteiger partial charge in [-0.25, -0.2) is 0 Å². The Morgan fingerprint density at radius 1 is 1.27 bits per heavy atom. The number of non-ortho nitro benzene ring substituents is 1. The molecule has 9 heteroatoms. The van der Waals surface area contributed by atoms with E-state index >= 15 is 0 Å². The van der Waals surface area contributed by atoms with Crippen LogP contribution in [0.2, 0.25) is 0 Å². The van der Waals surface area contributed by atoms with E-state index in [0.29, 0.717) is 17.3 Å². The van der Waals surface area contributed by atoms with E-state index in [-0.39, 0.29) is 16.8 Å². The Morgan fingerprint density at radius 3 is 2.70 bits per heavy atom. The first-order chi connectivity index (χ1) is 14.5. The van der Waals surface area contributed by atoms with Crippen LogP contribution in [-0.4, -0.2) is 39.5 Å². The zero-order chi connectivity index (χ0) is 21.5. The summed E-state index contributed by atoms with van der Waals surface area (Å²) in [6, 6.07) is 13.7. The Morgan fingerprint density at radius 2 is 2.03 bits per heavy atom. The first-order valence-corrected chi connectivity index (χ1v) is 10.4. The van der Waals surface area contributed by atoms with Crippen LogP contribution in [0, 0.1) is 10.1 Å².